The Morgan fingerprint density at radius 3 is 2.37 bits per heavy atom. The van der Waals surface area contributed by atoms with Crippen LogP contribution in [0.2, 0.25) is 0 Å². The van der Waals surface area contributed by atoms with Crippen molar-refractivity contribution in [1.82, 2.24) is 10.6 Å². The predicted octanol–water partition coefficient (Wildman–Crippen LogP) is 3.66. The van der Waals surface area contributed by atoms with E-state index in [4.69, 9.17) is 24.0 Å². The van der Waals surface area contributed by atoms with E-state index in [0.717, 1.165) is 19.3 Å². The normalized spacial score (nSPS) is 36.9. The number of aliphatic carboxylic acids is 1. The van der Waals surface area contributed by atoms with Crippen LogP contribution in [-0.2, 0) is 43.2 Å². The SMILES string of the molecule is CC[C@@H](C)[C@H](NC(=O)[C@H](CC(C)C)NC(=O)CCC(=O)O[C@@H]1O[C@@H]2O[C@@]3(C)CC[C@H]4[C@H](C)CC[C@@H]([C@H]1C)[C@@]24OO3)C(=O)O. The number of hydrogen-bond donors (Lipinski definition) is 3. The van der Waals surface area contributed by atoms with Gasteiger partial charge < -0.3 is 30.0 Å². The monoisotopic (exact) mass is 610 g/mol. The van der Waals surface area contributed by atoms with Crippen molar-refractivity contribution >= 4 is 23.8 Å². The Balaban J connectivity index is 1.35. The van der Waals surface area contributed by atoms with Crippen molar-refractivity contribution in [3.63, 3.8) is 0 Å². The van der Waals surface area contributed by atoms with E-state index in [1.54, 1.807) is 6.92 Å². The van der Waals surface area contributed by atoms with Crippen LogP contribution in [0.4, 0.5) is 0 Å². The maximum atomic E-state index is 13.0. The van der Waals surface area contributed by atoms with Gasteiger partial charge in [-0.3, -0.25) is 14.4 Å². The summed E-state index contributed by atoms with van der Waals surface area (Å²) < 4.78 is 18.4. The number of ether oxygens (including phenoxy) is 3. The molecule has 0 unspecified atom stereocenters. The summed E-state index contributed by atoms with van der Waals surface area (Å²) in [7, 11) is 0. The topological polar surface area (TPSA) is 159 Å². The van der Waals surface area contributed by atoms with Crippen molar-refractivity contribution in [2.75, 3.05) is 0 Å². The molecule has 4 heterocycles. The molecule has 0 aromatic heterocycles. The van der Waals surface area contributed by atoms with Crippen LogP contribution in [-0.4, -0.2) is 64.9 Å². The van der Waals surface area contributed by atoms with Crippen LogP contribution in [0.1, 0.15) is 99.8 Å². The number of carboxylic acid groups (broad SMARTS) is 1. The summed E-state index contributed by atoms with van der Waals surface area (Å²) in [5.41, 5.74) is -0.767. The Hall–Kier alpha value is -2.28. The lowest BCUT2D eigenvalue weighted by Crippen LogP contribution is -2.70. The second kappa shape index (κ2) is 13.4. The number of hydrogen-bond acceptors (Lipinski definition) is 9. The van der Waals surface area contributed by atoms with Crippen LogP contribution < -0.4 is 10.6 Å². The average molecular weight is 611 g/mol. The Morgan fingerprint density at radius 1 is 1.00 bits per heavy atom. The van der Waals surface area contributed by atoms with E-state index in [1.165, 1.54) is 0 Å². The number of carbonyl (C=O) groups excluding carboxylic acids is 3. The first kappa shape index (κ1) is 33.6. The zero-order chi connectivity index (χ0) is 31.7. The summed E-state index contributed by atoms with van der Waals surface area (Å²) in [6.45, 7) is 13.4. The highest BCUT2D eigenvalue weighted by Crippen LogP contribution is 2.60. The molecular weight excluding hydrogens is 560 g/mol. The summed E-state index contributed by atoms with van der Waals surface area (Å²) in [6, 6.07) is -1.99. The molecule has 4 aliphatic heterocycles. The van der Waals surface area contributed by atoms with Gasteiger partial charge in [-0.05, 0) is 56.3 Å². The molecule has 1 aliphatic carbocycles. The maximum absolute atomic E-state index is 13.0. The zero-order valence-electron chi connectivity index (χ0n) is 26.6. The van der Waals surface area contributed by atoms with E-state index in [0.29, 0.717) is 25.2 Å². The molecule has 12 nitrogen and oxygen atoms in total. The van der Waals surface area contributed by atoms with Crippen molar-refractivity contribution in [1.29, 1.82) is 0 Å². The molecule has 0 radical (unpaired) electrons. The van der Waals surface area contributed by atoms with Crippen molar-refractivity contribution in [2.24, 2.45) is 35.5 Å². The van der Waals surface area contributed by atoms with E-state index in [-0.39, 0.29) is 42.4 Å². The number of nitrogens with one attached hydrogen (secondary N) is 2. The molecule has 2 amide bonds. The molecule has 244 valence electrons. The van der Waals surface area contributed by atoms with Crippen molar-refractivity contribution < 1.29 is 48.3 Å². The molecule has 12 heteroatoms. The Morgan fingerprint density at radius 2 is 1.72 bits per heavy atom. The minimum atomic E-state index is -1.13. The average Bonchev–Trinajstić information content (AvgIpc) is 3.17. The Labute approximate surface area is 254 Å². The summed E-state index contributed by atoms with van der Waals surface area (Å²) in [5, 5.41) is 14.8. The van der Waals surface area contributed by atoms with Crippen LogP contribution in [0.15, 0.2) is 0 Å². The fourth-order valence-corrected chi connectivity index (χ4v) is 7.32. The molecule has 3 N–H and O–H groups in total. The highest BCUT2D eigenvalue weighted by Gasteiger charge is 2.69. The van der Waals surface area contributed by atoms with Gasteiger partial charge >= 0.3 is 11.9 Å². The standard InChI is InChI=1S/C31H50N2O10/c1-8-17(4)25(27(37)38)33-26(36)22(15-16(2)3)32-23(34)11-12-24(35)39-28-19(6)21-10-9-18(5)20-13-14-30(7)41-29(40-28)31(20,21)43-42-30/h16-22,25,28-29H,8-15H2,1-7H3,(H,32,34)(H,33,36)(H,37,38)/t17-,18-,19-,20+,21+,22+,25+,28-,29-,30-,31-/m1/s1. The molecule has 1 saturated carbocycles. The Kier molecular flexibility index (Phi) is 10.5. The zero-order valence-corrected chi connectivity index (χ0v) is 26.6. The molecule has 1 spiro atoms. The molecule has 4 saturated heterocycles. The lowest BCUT2D eigenvalue weighted by atomic mass is 9.58. The van der Waals surface area contributed by atoms with Crippen LogP contribution in [0.25, 0.3) is 0 Å². The van der Waals surface area contributed by atoms with Gasteiger partial charge in [0.05, 0.1) is 6.42 Å². The first-order chi connectivity index (χ1) is 20.2. The predicted molar refractivity (Wildman–Crippen MR) is 153 cm³/mol. The van der Waals surface area contributed by atoms with Crippen molar-refractivity contribution in [3.8, 4) is 0 Å². The van der Waals surface area contributed by atoms with Gasteiger partial charge in [0.2, 0.25) is 23.9 Å². The fraction of sp³-hybridized carbons (Fsp3) is 0.871. The van der Waals surface area contributed by atoms with Crippen molar-refractivity contribution in [2.45, 2.75) is 136 Å². The van der Waals surface area contributed by atoms with Crippen LogP contribution in [0.5, 0.6) is 0 Å². The van der Waals surface area contributed by atoms with E-state index in [1.807, 2.05) is 34.6 Å². The third-order valence-electron chi connectivity index (χ3n) is 10.0. The molecule has 43 heavy (non-hydrogen) atoms. The third kappa shape index (κ3) is 7.02. The summed E-state index contributed by atoms with van der Waals surface area (Å²) in [6.07, 6.45) is 2.31. The lowest BCUT2D eigenvalue weighted by Gasteiger charge is -2.59. The molecule has 5 aliphatic rings. The van der Waals surface area contributed by atoms with Gasteiger partial charge in [-0.15, -0.1) is 0 Å². The molecule has 5 rings (SSSR count). The number of amides is 2. The minimum Gasteiger partial charge on any atom is -0.480 e. The Bertz CT molecular complexity index is 1050. The number of carbonyl (C=O) groups is 4. The molecule has 5 fully saturated rings. The van der Waals surface area contributed by atoms with Crippen molar-refractivity contribution in [3.05, 3.63) is 0 Å². The molecule has 2 bridgehead atoms. The van der Waals surface area contributed by atoms with Gasteiger partial charge in [0.25, 0.3) is 0 Å². The highest BCUT2D eigenvalue weighted by molar-refractivity contribution is 5.91. The first-order valence-electron chi connectivity index (χ1n) is 15.9. The number of fused-ring (bicyclic) bond motifs is 2. The quantitative estimate of drug-likeness (QED) is 0.220. The second-order valence-electron chi connectivity index (χ2n) is 13.7. The largest absolute Gasteiger partial charge is 0.480 e. The van der Waals surface area contributed by atoms with E-state index in [2.05, 4.69) is 17.6 Å². The number of carboxylic acids is 1. The summed E-state index contributed by atoms with van der Waals surface area (Å²) in [4.78, 5) is 62.4. The second-order valence-corrected chi connectivity index (χ2v) is 13.7. The van der Waals surface area contributed by atoms with Gasteiger partial charge in [-0.1, -0.05) is 48.0 Å². The van der Waals surface area contributed by atoms with Crippen LogP contribution in [0, 0.1) is 35.5 Å². The van der Waals surface area contributed by atoms with Gasteiger partial charge in [0, 0.05) is 24.7 Å². The summed E-state index contributed by atoms with van der Waals surface area (Å²) >= 11 is 0. The highest BCUT2D eigenvalue weighted by atomic mass is 17.3. The lowest BCUT2D eigenvalue weighted by molar-refractivity contribution is -0.576. The van der Waals surface area contributed by atoms with Crippen LogP contribution in [0.3, 0.4) is 0 Å². The molecular formula is C31H50N2O10. The van der Waals surface area contributed by atoms with E-state index >= 15 is 0 Å². The number of esters is 1. The van der Waals surface area contributed by atoms with Gasteiger partial charge in [-0.25, -0.2) is 14.6 Å². The molecule has 0 aromatic rings. The fourth-order valence-electron chi connectivity index (χ4n) is 7.32. The van der Waals surface area contributed by atoms with E-state index in [9.17, 15) is 24.3 Å². The first-order valence-corrected chi connectivity index (χ1v) is 15.9. The van der Waals surface area contributed by atoms with Gasteiger partial charge in [0.1, 0.15) is 12.1 Å². The number of rotatable bonds is 12. The molecule has 11 atom stereocenters. The van der Waals surface area contributed by atoms with Gasteiger partial charge in [0.15, 0.2) is 11.9 Å². The minimum absolute atomic E-state index is 0.00319. The maximum Gasteiger partial charge on any atom is 0.326 e. The van der Waals surface area contributed by atoms with Crippen LogP contribution >= 0.6 is 0 Å². The molecule has 0 aromatic carbocycles. The smallest absolute Gasteiger partial charge is 0.326 e. The van der Waals surface area contributed by atoms with Gasteiger partial charge in [-0.2, -0.15) is 0 Å². The van der Waals surface area contributed by atoms with E-state index < -0.39 is 59.8 Å². The summed E-state index contributed by atoms with van der Waals surface area (Å²) in [5.74, 6) is -3.55. The third-order valence-corrected chi connectivity index (χ3v) is 10.0.